The lowest BCUT2D eigenvalue weighted by molar-refractivity contribution is -0.160. The second-order valence-electron chi connectivity index (χ2n) is 10.5. The van der Waals surface area contributed by atoms with Crippen LogP contribution in [-0.4, -0.2) is 23.1 Å². The van der Waals surface area contributed by atoms with E-state index < -0.39 is 5.97 Å². The van der Waals surface area contributed by atoms with Crippen molar-refractivity contribution in [3.05, 3.63) is 0 Å². The lowest BCUT2D eigenvalue weighted by Gasteiger charge is -2.31. The minimum Gasteiger partial charge on any atom is -0.481 e. The predicted octanol–water partition coefficient (Wildman–Crippen LogP) is 8.71. The third kappa shape index (κ3) is 13.4. The molecule has 1 rings (SSSR count). The number of carboxylic acid groups (broad SMARTS) is 1. The molecule has 0 spiro atoms. The fourth-order valence-corrected chi connectivity index (χ4v) is 5.46. The molecule has 0 heterocycles. The molecular formula is C29H54O4. The van der Waals surface area contributed by atoms with E-state index in [1.807, 2.05) is 0 Å². The molecule has 0 amide bonds. The Labute approximate surface area is 204 Å². The number of esters is 1. The van der Waals surface area contributed by atoms with Gasteiger partial charge in [0.15, 0.2) is 0 Å². The minimum absolute atomic E-state index is 0.00376. The Kier molecular flexibility index (Phi) is 17.5. The number of aliphatic carboxylic acids is 1. The Morgan fingerprint density at radius 2 is 1.27 bits per heavy atom. The summed E-state index contributed by atoms with van der Waals surface area (Å²) in [4.78, 5) is 24.5. The molecule has 1 aliphatic carbocycles. The summed E-state index contributed by atoms with van der Waals surface area (Å²) >= 11 is 0. The van der Waals surface area contributed by atoms with E-state index in [4.69, 9.17) is 4.74 Å². The molecular weight excluding hydrogens is 412 g/mol. The molecule has 0 aromatic carbocycles. The normalized spacial score (nSPS) is 20.3. The van der Waals surface area contributed by atoms with Crippen molar-refractivity contribution in [2.45, 2.75) is 155 Å². The summed E-state index contributed by atoms with van der Waals surface area (Å²) in [6.07, 6.45) is 22.4. The lowest BCUT2D eigenvalue weighted by Crippen LogP contribution is -2.33. The Bertz CT molecular complexity index is 504. The number of hydrogen-bond donors (Lipinski definition) is 1. The Balaban J connectivity index is 2.58. The highest BCUT2D eigenvalue weighted by atomic mass is 16.5. The van der Waals surface area contributed by atoms with Gasteiger partial charge in [0.1, 0.15) is 6.10 Å². The maximum atomic E-state index is 13.1. The van der Waals surface area contributed by atoms with Gasteiger partial charge in [-0.1, -0.05) is 104 Å². The quantitative estimate of drug-likeness (QED) is 0.144. The zero-order chi connectivity index (χ0) is 24.3. The van der Waals surface area contributed by atoms with Gasteiger partial charge in [-0.3, -0.25) is 9.59 Å². The van der Waals surface area contributed by atoms with Gasteiger partial charge in [0.2, 0.25) is 0 Å². The largest absolute Gasteiger partial charge is 0.481 e. The molecule has 0 saturated heterocycles. The molecule has 0 aliphatic heterocycles. The first-order chi connectivity index (χ1) is 16.0. The van der Waals surface area contributed by atoms with Gasteiger partial charge in [0, 0.05) is 0 Å². The standard InChI is InChI=1S/C29H54O4/c1-4-7-9-10-11-12-13-14-16-22-27(24(18-6-3)19-15-8-5-2)33-29(32)26-21-17-20-25(23-26)28(30)31/h24-27H,4-23H2,1-3H3,(H,30,31). The van der Waals surface area contributed by atoms with Crippen molar-refractivity contribution in [2.75, 3.05) is 0 Å². The van der Waals surface area contributed by atoms with Crippen LogP contribution in [-0.2, 0) is 14.3 Å². The zero-order valence-corrected chi connectivity index (χ0v) is 22.1. The second kappa shape index (κ2) is 19.3. The third-order valence-corrected chi connectivity index (χ3v) is 7.58. The first kappa shape index (κ1) is 30.0. The predicted molar refractivity (Wildman–Crippen MR) is 137 cm³/mol. The molecule has 1 aliphatic rings. The lowest BCUT2D eigenvalue weighted by atomic mass is 9.81. The zero-order valence-electron chi connectivity index (χ0n) is 22.1. The highest BCUT2D eigenvalue weighted by molar-refractivity contribution is 5.75. The van der Waals surface area contributed by atoms with Crippen LogP contribution in [0.3, 0.4) is 0 Å². The first-order valence-electron chi connectivity index (χ1n) is 14.5. The van der Waals surface area contributed by atoms with Crippen LogP contribution in [0.15, 0.2) is 0 Å². The number of carbonyl (C=O) groups is 2. The van der Waals surface area contributed by atoms with E-state index in [1.165, 1.54) is 70.6 Å². The Morgan fingerprint density at radius 3 is 1.88 bits per heavy atom. The van der Waals surface area contributed by atoms with Crippen LogP contribution in [0.1, 0.15) is 149 Å². The van der Waals surface area contributed by atoms with Crippen LogP contribution >= 0.6 is 0 Å². The highest BCUT2D eigenvalue weighted by Crippen LogP contribution is 2.32. The third-order valence-electron chi connectivity index (χ3n) is 7.58. The number of carbonyl (C=O) groups excluding carboxylic acids is 1. The maximum absolute atomic E-state index is 13.1. The van der Waals surface area contributed by atoms with Crippen molar-refractivity contribution in [2.24, 2.45) is 17.8 Å². The maximum Gasteiger partial charge on any atom is 0.309 e. The number of ether oxygens (including phenoxy) is 1. The first-order valence-corrected chi connectivity index (χ1v) is 14.5. The molecule has 33 heavy (non-hydrogen) atoms. The van der Waals surface area contributed by atoms with Gasteiger partial charge >= 0.3 is 11.9 Å². The van der Waals surface area contributed by atoms with Gasteiger partial charge in [-0.05, 0) is 50.9 Å². The van der Waals surface area contributed by atoms with Crippen molar-refractivity contribution in [3.63, 3.8) is 0 Å². The molecule has 1 fully saturated rings. The SMILES string of the molecule is CCCCCCCCCCCC(OC(=O)C1CCCC(C(=O)O)C1)C(CCC)CCCCC. The van der Waals surface area contributed by atoms with Crippen molar-refractivity contribution in [1.29, 1.82) is 0 Å². The molecule has 1 saturated carbocycles. The summed E-state index contributed by atoms with van der Waals surface area (Å²) in [6, 6.07) is 0. The molecule has 1 N–H and O–H groups in total. The summed E-state index contributed by atoms with van der Waals surface area (Å²) in [5.74, 6) is -1.06. The van der Waals surface area contributed by atoms with Crippen molar-refractivity contribution < 1.29 is 19.4 Å². The van der Waals surface area contributed by atoms with E-state index in [-0.39, 0.29) is 23.9 Å². The van der Waals surface area contributed by atoms with E-state index in [0.717, 1.165) is 44.9 Å². The van der Waals surface area contributed by atoms with Gasteiger partial charge < -0.3 is 9.84 Å². The molecule has 194 valence electrons. The van der Waals surface area contributed by atoms with Crippen molar-refractivity contribution in [1.82, 2.24) is 0 Å². The van der Waals surface area contributed by atoms with Gasteiger partial charge in [0.05, 0.1) is 11.8 Å². The van der Waals surface area contributed by atoms with Crippen LogP contribution in [0.2, 0.25) is 0 Å². The summed E-state index contributed by atoms with van der Waals surface area (Å²) in [5.41, 5.74) is 0. The van der Waals surface area contributed by atoms with Crippen LogP contribution in [0, 0.1) is 17.8 Å². The van der Waals surface area contributed by atoms with Gasteiger partial charge in [0.25, 0.3) is 0 Å². The molecule has 0 aromatic heterocycles. The van der Waals surface area contributed by atoms with Crippen molar-refractivity contribution >= 4 is 11.9 Å². The fourth-order valence-electron chi connectivity index (χ4n) is 5.46. The molecule has 4 atom stereocenters. The van der Waals surface area contributed by atoms with E-state index in [9.17, 15) is 14.7 Å². The molecule has 4 heteroatoms. The van der Waals surface area contributed by atoms with Gasteiger partial charge in [-0.15, -0.1) is 0 Å². The number of carboxylic acids is 1. The minimum atomic E-state index is -0.762. The second-order valence-corrected chi connectivity index (χ2v) is 10.5. The Hall–Kier alpha value is -1.06. The van der Waals surface area contributed by atoms with E-state index >= 15 is 0 Å². The average Bonchev–Trinajstić information content (AvgIpc) is 2.81. The smallest absolute Gasteiger partial charge is 0.309 e. The van der Waals surface area contributed by atoms with Crippen LogP contribution in [0.25, 0.3) is 0 Å². The molecule has 4 nitrogen and oxygen atoms in total. The van der Waals surface area contributed by atoms with Crippen LogP contribution < -0.4 is 0 Å². The molecule has 4 unspecified atom stereocenters. The molecule has 0 radical (unpaired) electrons. The van der Waals surface area contributed by atoms with Gasteiger partial charge in [-0.25, -0.2) is 0 Å². The number of hydrogen-bond acceptors (Lipinski definition) is 3. The highest BCUT2D eigenvalue weighted by Gasteiger charge is 2.34. The summed E-state index contributed by atoms with van der Waals surface area (Å²) in [5, 5.41) is 9.39. The number of rotatable bonds is 20. The molecule has 0 bridgehead atoms. The van der Waals surface area contributed by atoms with Crippen LogP contribution in [0.5, 0.6) is 0 Å². The summed E-state index contributed by atoms with van der Waals surface area (Å²) in [7, 11) is 0. The number of unbranched alkanes of at least 4 members (excludes halogenated alkanes) is 10. The summed E-state index contributed by atoms with van der Waals surface area (Å²) in [6.45, 7) is 6.72. The van der Waals surface area contributed by atoms with E-state index in [1.54, 1.807) is 0 Å². The monoisotopic (exact) mass is 466 g/mol. The van der Waals surface area contributed by atoms with Gasteiger partial charge in [-0.2, -0.15) is 0 Å². The molecule has 0 aromatic rings. The summed E-state index contributed by atoms with van der Waals surface area (Å²) < 4.78 is 6.20. The average molecular weight is 467 g/mol. The topological polar surface area (TPSA) is 63.6 Å². The van der Waals surface area contributed by atoms with Crippen molar-refractivity contribution in [3.8, 4) is 0 Å². The van der Waals surface area contributed by atoms with E-state index in [2.05, 4.69) is 20.8 Å². The van der Waals surface area contributed by atoms with Crippen LogP contribution in [0.4, 0.5) is 0 Å². The fraction of sp³-hybridized carbons (Fsp3) is 0.931. The van der Waals surface area contributed by atoms with E-state index in [0.29, 0.717) is 18.8 Å². The Morgan fingerprint density at radius 1 is 0.727 bits per heavy atom.